The number of carbonyl (C=O) groups is 2. The molecular formula is C23H30ClNO3Si2. The molecule has 4 nitrogen and oxygen atoms in total. The minimum absolute atomic E-state index is 0.170. The summed E-state index contributed by atoms with van der Waals surface area (Å²) in [4.78, 5) is 23.9. The molecule has 0 spiro atoms. The molecule has 0 bridgehead atoms. The van der Waals surface area contributed by atoms with Crippen molar-refractivity contribution in [1.82, 2.24) is 0 Å². The molecule has 0 aliphatic heterocycles. The van der Waals surface area contributed by atoms with E-state index in [-0.39, 0.29) is 5.91 Å². The second kappa shape index (κ2) is 8.92. The van der Waals surface area contributed by atoms with Crippen molar-refractivity contribution in [2.75, 3.05) is 5.32 Å². The molecule has 0 radical (unpaired) electrons. The standard InChI is InChI=1S/C23H30ClNO3Si2/c1-15(10-22(26)27)20-9-8-17(13-21(20)24)25-23(28)16-11-18(29(2,3)4)14-19(12-16)30(5,6)7/h8-14H,1-7H3,(H,25,28)(H,26,27)/b15-10-. The van der Waals surface area contributed by atoms with Crippen LogP contribution in [0.4, 0.5) is 5.69 Å². The van der Waals surface area contributed by atoms with Gasteiger partial charge >= 0.3 is 5.97 Å². The highest BCUT2D eigenvalue weighted by Crippen LogP contribution is 2.27. The second-order valence-electron chi connectivity index (χ2n) is 9.61. The van der Waals surface area contributed by atoms with Crippen molar-refractivity contribution in [3.63, 3.8) is 0 Å². The fourth-order valence-electron chi connectivity index (χ4n) is 3.00. The highest BCUT2D eigenvalue weighted by molar-refractivity contribution is 6.91. The summed E-state index contributed by atoms with van der Waals surface area (Å²) in [5, 5.41) is 14.8. The lowest BCUT2D eigenvalue weighted by Crippen LogP contribution is -2.46. The Hall–Kier alpha value is -2.16. The van der Waals surface area contributed by atoms with Gasteiger partial charge in [0.25, 0.3) is 5.91 Å². The number of rotatable bonds is 6. The molecular weight excluding hydrogens is 430 g/mol. The molecule has 0 saturated carbocycles. The van der Waals surface area contributed by atoms with E-state index in [0.717, 1.165) is 6.08 Å². The van der Waals surface area contributed by atoms with Gasteiger partial charge in [0, 0.05) is 17.3 Å². The third-order valence-corrected chi connectivity index (χ3v) is 9.27. The van der Waals surface area contributed by atoms with Gasteiger partial charge in [-0.3, -0.25) is 4.79 Å². The molecule has 0 fully saturated rings. The molecule has 0 aliphatic carbocycles. The van der Waals surface area contributed by atoms with Crippen LogP contribution in [0.5, 0.6) is 0 Å². The summed E-state index contributed by atoms with van der Waals surface area (Å²) in [7, 11) is -3.18. The second-order valence-corrected chi connectivity index (χ2v) is 20.2. The Balaban J connectivity index is 2.38. The smallest absolute Gasteiger partial charge is 0.328 e. The van der Waals surface area contributed by atoms with Gasteiger partial charge < -0.3 is 10.4 Å². The molecule has 0 atom stereocenters. The number of hydrogen-bond donors (Lipinski definition) is 2. The first kappa shape index (κ1) is 24.1. The van der Waals surface area contributed by atoms with Crippen molar-refractivity contribution in [3.8, 4) is 0 Å². The SMILES string of the molecule is C/C(=C/C(=O)O)c1ccc(NC(=O)c2cc([Si](C)(C)C)cc([Si](C)(C)C)c2)cc1Cl. The highest BCUT2D eigenvalue weighted by Gasteiger charge is 2.24. The summed E-state index contributed by atoms with van der Waals surface area (Å²) in [5.74, 6) is -1.20. The van der Waals surface area contributed by atoms with E-state index < -0.39 is 22.1 Å². The minimum Gasteiger partial charge on any atom is -0.478 e. The minimum atomic E-state index is -1.59. The predicted octanol–water partition coefficient (Wildman–Crippen LogP) is 5.17. The van der Waals surface area contributed by atoms with Gasteiger partial charge in [-0.05, 0) is 30.2 Å². The number of carboxylic acid groups (broad SMARTS) is 1. The monoisotopic (exact) mass is 459 g/mol. The normalized spacial score (nSPS) is 12.6. The van der Waals surface area contributed by atoms with Gasteiger partial charge in [0.15, 0.2) is 0 Å². The van der Waals surface area contributed by atoms with E-state index >= 15 is 0 Å². The first-order valence-electron chi connectivity index (χ1n) is 9.87. The number of nitrogens with one attached hydrogen (secondary N) is 1. The first-order chi connectivity index (χ1) is 13.7. The van der Waals surface area contributed by atoms with Crippen LogP contribution in [0.1, 0.15) is 22.8 Å². The Morgan fingerprint density at radius 1 is 0.933 bits per heavy atom. The number of carboxylic acids is 1. The summed E-state index contributed by atoms with van der Waals surface area (Å²) < 4.78 is 0. The van der Waals surface area contributed by atoms with Crippen LogP contribution in [0, 0.1) is 0 Å². The zero-order valence-corrected chi connectivity index (χ0v) is 21.4. The maximum atomic E-state index is 13.0. The number of hydrogen-bond acceptors (Lipinski definition) is 2. The van der Waals surface area contributed by atoms with Crippen molar-refractivity contribution < 1.29 is 14.7 Å². The summed E-state index contributed by atoms with van der Waals surface area (Å²) >= 11 is 6.33. The molecule has 2 aromatic carbocycles. The molecule has 160 valence electrons. The molecule has 0 aliphatic rings. The Labute approximate surface area is 186 Å². The average Bonchev–Trinajstić information content (AvgIpc) is 2.59. The Morgan fingerprint density at radius 2 is 1.47 bits per heavy atom. The van der Waals surface area contributed by atoms with Crippen molar-refractivity contribution in [2.45, 2.75) is 46.2 Å². The summed E-state index contributed by atoms with van der Waals surface area (Å²) in [6.07, 6.45) is 1.11. The molecule has 2 aromatic rings. The Kier molecular flexibility index (Phi) is 7.17. The lowest BCUT2D eigenvalue weighted by Gasteiger charge is -2.24. The quantitative estimate of drug-likeness (QED) is 0.462. The molecule has 7 heteroatoms. The molecule has 1 amide bonds. The van der Waals surface area contributed by atoms with Crippen LogP contribution in [-0.2, 0) is 4.79 Å². The fourth-order valence-corrected chi connectivity index (χ4v) is 5.83. The van der Waals surface area contributed by atoms with Gasteiger partial charge in [0.1, 0.15) is 0 Å². The molecule has 0 unspecified atom stereocenters. The van der Waals surface area contributed by atoms with Crippen molar-refractivity contribution >= 4 is 61.3 Å². The van der Waals surface area contributed by atoms with E-state index in [1.165, 1.54) is 10.4 Å². The van der Waals surface area contributed by atoms with Gasteiger partial charge in [0.2, 0.25) is 0 Å². The van der Waals surface area contributed by atoms with Gasteiger partial charge in [0.05, 0.1) is 21.2 Å². The van der Waals surface area contributed by atoms with Gasteiger partial charge in [-0.2, -0.15) is 0 Å². The molecule has 0 saturated heterocycles. The molecule has 0 aromatic heterocycles. The molecule has 0 heterocycles. The number of aliphatic carboxylic acids is 1. The maximum Gasteiger partial charge on any atom is 0.328 e. The molecule has 2 rings (SSSR count). The van der Waals surface area contributed by atoms with Crippen LogP contribution in [0.15, 0.2) is 42.5 Å². The van der Waals surface area contributed by atoms with Crippen LogP contribution < -0.4 is 15.7 Å². The van der Waals surface area contributed by atoms with Crippen LogP contribution >= 0.6 is 11.6 Å². The largest absolute Gasteiger partial charge is 0.478 e. The molecule has 2 N–H and O–H groups in total. The third-order valence-electron chi connectivity index (χ3n) is 4.92. The summed E-state index contributed by atoms with van der Waals surface area (Å²) in [5.41, 5.74) is 2.41. The van der Waals surface area contributed by atoms with E-state index in [2.05, 4.69) is 50.7 Å². The van der Waals surface area contributed by atoms with E-state index in [0.29, 0.717) is 27.4 Å². The van der Waals surface area contributed by atoms with E-state index in [4.69, 9.17) is 16.7 Å². The zero-order valence-electron chi connectivity index (χ0n) is 18.7. The van der Waals surface area contributed by atoms with Crippen molar-refractivity contribution in [3.05, 3.63) is 58.6 Å². The maximum absolute atomic E-state index is 13.0. The number of carbonyl (C=O) groups excluding carboxylic acids is 1. The zero-order chi connectivity index (χ0) is 22.9. The van der Waals surface area contributed by atoms with Gasteiger partial charge in [-0.25, -0.2) is 4.79 Å². The number of halogens is 1. The van der Waals surface area contributed by atoms with Crippen LogP contribution in [0.2, 0.25) is 44.3 Å². The van der Waals surface area contributed by atoms with Crippen molar-refractivity contribution in [2.24, 2.45) is 0 Å². The number of amides is 1. The Bertz CT molecular complexity index is 986. The first-order valence-corrected chi connectivity index (χ1v) is 17.2. The lowest BCUT2D eigenvalue weighted by molar-refractivity contribution is -0.131. The predicted molar refractivity (Wildman–Crippen MR) is 133 cm³/mol. The summed E-state index contributed by atoms with van der Waals surface area (Å²) in [6.45, 7) is 15.4. The van der Waals surface area contributed by atoms with E-state index in [9.17, 15) is 9.59 Å². The van der Waals surface area contributed by atoms with Gasteiger partial charge in [-0.15, -0.1) is 0 Å². The number of anilines is 1. The van der Waals surface area contributed by atoms with Crippen LogP contribution in [0.25, 0.3) is 5.57 Å². The third kappa shape index (κ3) is 6.17. The van der Waals surface area contributed by atoms with Gasteiger partial charge in [-0.1, -0.05) is 85.5 Å². The topological polar surface area (TPSA) is 66.4 Å². The van der Waals surface area contributed by atoms with E-state index in [1.54, 1.807) is 25.1 Å². The Morgan fingerprint density at radius 3 is 1.90 bits per heavy atom. The molecule has 30 heavy (non-hydrogen) atoms. The summed E-state index contributed by atoms with van der Waals surface area (Å²) in [6, 6.07) is 11.4. The van der Waals surface area contributed by atoms with Crippen molar-refractivity contribution in [1.29, 1.82) is 0 Å². The lowest BCUT2D eigenvalue weighted by atomic mass is 10.1. The fraction of sp³-hybridized carbons (Fsp3) is 0.304. The average molecular weight is 460 g/mol. The van der Waals surface area contributed by atoms with Crippen LogP contribution in [0.3, 0.4) is 0 Å². The highest BCUT2D eigenvalue weighted by atomic mass is 35.5. The van der Waals surface area contributed by atoms with Crippen LogP contribution in [-0.4, -0.2) is 33.1 Å². The van der Waals surface area contributed by atoms with E-state index in [1.807, 2.05) is 12.1 Å². The number of allylic oxidation sites excluding steroid dienone is 1. The number of benzene rings is 2.